The summed E-state index contributed by atoms with van der Waals surface area (Å²) in [4.78, 5) is 21.1. The molecule has 28 heavy (non-hydrogen) atoms. The summed E-state index contributed by atoms with van der Waals surface area (Å²) in [5, 5.41) is 3.60. The molecular weight excluding hydrogens is 352 g/mol. The van der Waals surface area contributed by atoms with Crippen LogP contribution in [0.15, 0.2) is 35.3 Å². The van der Waals surface area contributed by atoms with Gasteiger partial charge in [-0.1, -0.05) is 36.8 Å². The van der Waals surface area contributed by atoms with Gasteiger partial charge >= 0.3 is 5.97 Å². The lowest BCUT2D eigenvalue weighted by molar-refractivity contribution is -0.146. The Morgan fingerprint density at radius 3 is 2.57 bits per heavy atom. The fraction of sp³-hybridized carbons (Fsp3) is 0.636. The average Bonchev–Trinajstić information content (AvgIpc) is 2.76. The summed E-state index contributed by atoms with van der Waals surface area (Å²) in [5.41, 5.74) is 1.38. The molecule has 0 spiro atoms. The number of carbonyl (C=O) groups excluding carboxylic acids is 1. The fourth-order valence-corrected chi connectivity index (χ4v) is 4.35. The van der Waals surface area contributed by atoms with Crippen LogP contribution in [0.1, 0.15) is 37.7 Å². The van der Waals surface area contributed by atoms with E-state index in [2.05, 4.69) is 50.4 Å². The highest BCUT2D eigenvalue weighted by molar-refractivity contribution is 5.80. The van der Waals surface area contributed by atoms with E-state index in [-0.39, 0.29) is 11.9 Å². The zero-order chi connectivity index (χ0) is 19.8. The van der Waals surface area contributed by atoms with E-state index in [4.69, 9.17) is 4.74 Å². The maximum absolute atomic E-state index is 11.7. The molecule has 0 bridgehead atoms. The quantitative estimate of drug-likeness (QED) is 0.479. The van der Waals surface area contributed by atoms with Crippen LogP contribution in [0, 0.1) is 5.92 Å². The first-order valence-corrected chi connectivity index (χ1v) is 10.5. The minimum Gasteiger partial charge on any atom is -0.469 e. The molecule has 6 heteroatoms. The number of carbonyl (C=O) groups is 1. The van der Waals surface area contributed by atoms with Gasteiger partial charge in [0.1, 0.15) is 0 Å². The monoisotopic (exact) mass is 386 g/mol. The van der Waals surface area contributed by atoms with Crippen molar-refractivity contribution in [2.45, 2.75) is 44.7 Å². The summed E-state index contributed by atoms with van der Waals surface area (Å²) in [5.74, 6) is 0.897. The van der Waals surface area contributed by atoms with Crippen LogP contribution in [0.2, 0.25) is 0 Å². The molecule has 0 aliphatic carbocycles. The first kappa shape index (κ1) is 20.6. The summed E-state index contributed by atoms with van der Waals surface area (Å²) in [6.07, 6.45) is 5.45. The summed E-state index contributed by atoms with van der Waals surface area (Å²) >= 11 is 0. The van der Waals surface area contributed by atoms with Crippen molar-refractivity contribution in [1.82, 2.24) is 15.1 Å². The maximum Gasteiger partial charge on any atom is 0.308 e. The van der Waals surface area contributed by atoms with Crippen LogP contribution in [-0.4, -0.2) is 68.1 Å². The molecule has 1 N–H and O–H groups in total. The van der Waals surface area contributed by atoms with Crippen LogP contribution in [0.25, 0.3) is 0 Å². The van der Waals surface area contributed by atoms with Crippen molar-refractivity contribution in [2.75, 3.05) is 40.3 Å². The number of ether oxygens (including phenoxy) is 1. The third kappa shape index (κ3) is 5.47. The molecule has 0 amide bonds. The van der Waals surface area contributed by atoms with Gasteiger partial charge in [-0.05, 0) is 37.8 Å². The van der Waals surface area contributed by atoms with E-state index in [0.29, 0.717) is 6.04 Å². The normalized spacial score (nSPS) is 22.1. The van der Waals surface area contributed by atoms with Crippen LogP contribution in [0.4, 0.5) is 0 Å². The predicted octanol–water partition coefficient (Wildman–Crippen LogP) is 2.50. The first-order valence-electron chi connectivity index (χ1n) is 10.5. The standard InChI is InChI=1S/C22H34N4O2/c1-23-22(25-14-11-19(12-15-25)21(27)28-2)24-16-20-10-6-7-13-26(20)17-18-8-4-3-5-9-18/h3-5,8-9,19-20H,6-7,10-17H2,1-2H3,(H,23,24). The SMILES string of the molecule is CN=C(NCC1CCCCN1Cc1ccccc1)N1CCC(C(=O)OC)CC1. The third-order valence-electron chi connectivity index (χ3n) is 6.01. The molecular formula is C22H34N4O2. The number of methoxy groups -OCH3 is 1. The number of piperidine rings is 2. The van der Waals surface area contributed by atoms with Crippen molar-refractivity contribution in [2.24, 2.45) is 10.9 Å². The number of nitrogens with zero attached hydrogens (tertiary/aromatic N) is 3. The van der Waals surface area contributed by atoms with E-state index in [1.807, 2.05) is 7.05 Å². The molecule has 2 aliphatic rings. The van der Waals surface area contributed by atoms with Gasteiger partial charge in [-0.15, -0.1) is 0 Å². The molecule has 2 heterocycles. The second-order valence-electron chi connectivity index (χ2n) is 7.82. The predicted molar refractivity (Wildman–Crippen MR) is 112 cm³/mol. The topological polar surface area (TPSA) is 57.2 Å². The van der Waals surface area contributed by atoms with Gasteiger partial charge in [0.05, 0.1) is 13.0 Å². The number of rotatable bonds is 5. The van der Waals surface area contributed by atoms with E-state index in [1.165, 1.54) is 31.9 Å². The van der Waals surface area contributed by atoms with E-state index in [0.717, 1.165) is 51.5 Å². The number of esters is 1. The summed E-state index contributed by atoms with van der Waals surface area (Å²) in [6, 6.07) is 11.3. The summed E-state index contributed by atoms with van der Waals surface area (Å²) in [7, 11) is 3.32. The molecule has 1 unspecified atom stereocenters. The number of hydrogen-bond acceptors (Lipinski definition) is 4. The Bertz CT molecular complexity index is 641. The third-order valence-corrected chi connectivity index (χ3v) is 6.01. The lowest BCUT2D eigenvalue weighted by Crippen LogP contribution is -2.51. The smallest absolute Gasteiger partial charge is 0.308 e. The minimum absolute atomic E-state index is 0.0269. The van der Waals surface area contributed by atoms with Gasteiger partial charge in [0.25, 0.3) is 0 Å². The van der Waals surface area contributed by atoms with E-state index < -0.39 is 0 Å². The molecule has 2 aliphatic heterocycles. The first-order chi connectivity index (χ1) is 13.7. The Hall–Kier alpha value is -2.08. The van der Waals surface area contributed by atoms with Crippen LogP contribution >= 0.6 is 0 Å². The van der Waals surface area contributed by atoms with Gasteiger partial charge in [0, 0.05) is 39.3 Å². The van der Waals surface area contributed by atoms with Gasteiger partial charge in [-0.3, -0.25) is 14.7 Å². The highest BCUT2D eigenvalue weighted by Crippen LogP contribution is 2.21. The molecule has 0 aromatic heterocycles. The van der Waals surface area contributed by atoms with Gasteiger partial charge in [-0.25, -0.2) is 0 Å². The number of hydrogen-bond donors (Lipinski definition) is 1. The van der Waals surface area contributed by atoms with Crippen molar-refractivity contribution in [3.05, 3.63) is 35.9 Å². The molecule has 1 aromatic rings. The Morgan fingerprint density at radius 1 is 1.14 bits per heavy atom. The van der Waals surface area contributed by atoms with E-state index >= 15 is 0 Å². The Morgan fingerprint density at radius 2 is 1.89 bits per heavy atom. The number of benzene rings is 1. The zero-order valence-corrected chi connectivity index (χ0v) is 17.3. The molecule has 154 valence electrons. The van der Waals surface area contributed by atoms with Crippen molar-refractivity contribution < 1.29 is 9.53 Å². The molecule has 1 atom stereocenters. The lowest BCUT2D eigenvalue weighted by atomic mass is 9.97. The average molecular weight is 387 g/mol. The summed E-state index contributed by atoms with van der Waals surface area (Å²) in [6.45, 7) is 4.77. The second kappa shape index (κ2) is 10.5. The Kier molecular flexibility index (Phi) is 7.71. The molecule has 6 nitrogen and oxygen atoms in total. The zero-order valence-electron chi connectivity index (χ0n) is 17.3. The highest BCUT2D eigenvalue weighted by Gasteiger charge is 2.28. The minimum atomic E-state index is -0.0821. The van der Waals surface area contributed by atoms with Gasteiger partial charge in [0.15, 0.2) is 5.96 Å². The number of nitrogens with one attached hydrogen (secondary N) is 1. The second-order valence-corrected chi connectivity index (χ2v) is 7.82. The van der Waals surface area contributed by atoms with Gasteiger partial charge in [0.2, 0.25) is 0 Å². The van der Waals surface area contributed by atoms with Crippen molar-refractivity contribution in [3.63, 3.8) is 0 Å². The van der Waals surface area contributed by atoms with Crippen LogP contribution in [-0.2, 0) is 16.1 Å². The van der Waals surface area contributed by atoms with Gasteiger partial charge < -0.3 is 15.0 Å². The number of guanidine groups is 1. The van der Waals surface area contributed by atoms with E-state index in [1.54, 1.807) is 0 Å². The van der Waals surface area contributed by atoms with Gasteiger partial charge in [-0.2, -0.15) is 0 Å². The Labute approximate surface area is 168 Å². The molecule has 0 saturated carbocycles. The molecule has 3 rings (SSSR count). The van der Waals surface area contributed by atoms with Crippen LogP contribution in [0.5, 0.6) is 0 Å². The van der Waals surface area contributed by atoms with Crippen molar-refractivity contribution in [1.29, 1.82) is 0 Å². The molecule has 1 aromatic carbocycles. The number of aliphatic imine (C=N–C) groups is 1. The molecule has 0 radical (unpaired) electrons. The van der Waals surface area contributed by atoms with Crippen molar-refractivity contribution >= 4 is 11.9 Å². The lowest BCUT2D eigenvalue weighted by Gasteiger charge is -2.38. The highest BCUT2D eigenvalue weighted by atomic mass is 16.5. The van der Waals surface area contributed by atoms with Crippen LogP contribution in [0.3, 0.4) is 0 Å². The molecule has 2 saturated heterocycles. The Balaban J connectivity index is 1.51. The molecule has 2 fully saturated rings. The largest absolute Gasteiger partial charge is 0.469 e. The van der Waals surface area contributed by atoms with Crippen LogP contribution < -0.4 is 5.32 Å². The summed E-state index contributed by atoms with van der Waals surface area (Å²) < 4.78 is 4.89. The number of likely N-dealkylation sites (tertiary alicyclic amines) is 2. The fourth-order valence-electron chi connectivity index (χ4n) is 4.35. The van der Waals surface area contributed by atoms with E-state index in [9.17, 15) is 4.79 Å². The van der Waals surface area contributed by atoms with Crippen molar-refractivity contribution in [3.8, 4) is 0 Å². The maximum atomic E-state index is 11.7.